The molecule has 0 aromatic rings. The summed E-state index contributed by atoms with van der Waals surface area (Å²) in [6.07, 6.45) is 2.39. The van der Waals surface area contributed by atoms with Gasteiger partial charge in [-0.25, -0.2) is 0 Å². The van der Waals surface area contributed by atoms with Gasteiger partial charge in [0, 0.05) is 13.0 Å². The summed E-state index contributed by atoms with van der Waals surface area (Å²) in [5, 5.41) is 8.67. The molecular weight excluding hydrogens is 140 g/mol. The van der Waals surface area contributed by atoms with Gasteiger partial charge < -0.3 is 4.90 Å². The van der Waals surface area contributed by atoms with Crippen LogP contribution < -0.4 is 0 Å². The van der Waals surface area contributed by atoms with E-state index in [9.17, 15) is 4.79 Å². The van der Waals surface area contributed by atoms with Crippen LogP contribution in [0.1, 0.15) is 26.2 Å². The van der Waals surface area contributed by atoms with Crippen LogP contribution in [0.4, 0.5) is 0 Å². The first kappa shape index (κ1) is 8.06. The topological polar surface area (TPSA) is 44.1 Å². The molecule has 0 aromatic heterocycles. The number of nitriles is 1. The summed E-state index contributed by atoms with van der Waals surface area (Å²) in [4.78, 5) is 12.5. The van der Waals surface area contributed by atoms with Gasteiger partial charge in [0.2, 0.25) is 5.91 Å². The van der Waals surface area contributed by atoms with Crippen LogP contribution in [0, 0.1) is 11.3 Å². The molecule has 3 nitrogen and oxygen atoms in total. The molecule has 0 saturated carbocycles. The molecule has 60 valence electrons. The summed E-state index contributed by atoms with van der Waals surface area (Å²) in [6.45, 7) is 2.80. The Morgan fingerprint density at radius 3 is 2.82 bits per heavy atom. The molecule has 0 aliphatic carbocycles. The number of hydrogen-bond donors (Lipinski definition) is 0. The summed E-state index contributed by atoms with van der Waals surface area (Å²) in [6, 6.07) is 1.97. The van der Waals surface area contributed by atoms with E-state index in [1.165, 1.54) is 0 Å². The molecule has 1 saturated heterocycles. The summed E-state index contributed by atoms with van der Waals surface area (Å²) < 4.78 is 0. The lowest BCUT2D eigenvalue weighted by Crippen LogP contribution is -2.49. The molecular formula is C8H12N2O. The summed E-state index contributed by atoms with van der Waals surface area (Å²) in [5.74, 6) is 0.130. The number of carbonyl (C=O) groups excluding carboxylic acids is 1. The van der Waals surface area contributed by atoms with Crippen LogP contribution in [0.3, 0.4) is 0 Å². The third kappa shape index (κ3) is 1.51. The fourth-order valence-corrected chi connectivity index (χ4v) is 1.23. The van der Waals surface area contributed by atoms with Crippen molar-refractivity contribution in [3.63, 3.8) is 0 Å². The highest BCUT2D eigenvalue weighted by Crippen LogP contribution is 2.15. The first-order valence-corrected chi connectivity index (χ1v) is 3.98. The zero-order chi connectivity index (χ0) is 8.27. The molecule has 1 atom stereocenters. The largest absolute Gasteiger partial charge is 0.326 e. The van der Waals surface area contributed by atoms with Gasteiger partial charge in [-0.2, -0.15) is 5.26 Å². The fraction of sp³-hybridized carbons (Fsp3) is 0.750. The van der Waals surface area contributed by atoms with Gasteiger partial charge in [-0.3, -0.25) is 4.79 Å². The predicted octanol–water partition coefficient (Wildman–Crippen LogP) is 0.911. The Morgan fingerprint density at radius 2 is 2.55 bits per heavy atom. The van der Waals surface area contributed by atoms with Gasteiger partial charge in [0.1, 0.15) is 6.04 Å². The Morgan fingerprint density at radius 1 is 1.82 bits per heavy atom. The van der Waals surface area contributed by atoms with Gasteiger partial charge in [-0.05, 0) is 6.42 Å². The first-order valence-electron chi connectivity index (χ1n) is 3.98. The standard InChI is InChI=1S/C8H12N2O/c1-2-3-7(6-9)10-5-4-8(10)11/h7H,2-5H2,1H3. The van der Waals surface area contributed by atoms with Crippen molar-refractivity contribution in [2.45, 2.75) is 32.2 Å². The highest BCUT2D eigenvalue weighted by atomic mass is 16.2. The van der Waals surface area contributed by atoms with Gasteiger partial charge in [-0.1, -0.05) is 13.3 Å². The second-order valence-corrected chi connectivity index (χ2v) is 2.77. The average Bonchev–Trinajstić information content (AvgIpc) is 2.01. The molecule has 1 amide bonds. The summed E-state index contributed by atoms with van der Waals surface area (Å²) >= 11 is 0. The van der Waals surface area contributed by atoms with E-state index in [0.717, 1.165) is 19.4 Å². The molecule has 1 unspecified atom stereocenters. The molecule has 1 aliphatic rings. The van der Waals surface area contributed by atoms with Gasteiger partial charge in [0.25, 0.3) is 0 Å². The smallest absolute Gasteiger partial charge is 0.225 e. The normalized spacial score (nSPS) is 18.9. The van der Waals surface area contributed by atoms with E-state index in [4.69, 9.17) is 5.26 Å². The Kier molecular flexibility index (Phi) is 2.48. The molecule has 0 N–H and O–H groups in total. The number of β-lactam (4-membered cyclic amide) rings is 1. The van der Waals surface area contributed by atoms with Crippen molar-refractivity contribution in [3.8, 4) is 6.07 Å². The number of likely N-dealkylation sites (tertiary alicyclic amines) is 1. The lowest BCUT2D eigenvalue weighted by Gasteiger charge is -2.34. The number of rotatable bonds is 3. The van der Waals surface area contributed by atoms with E-state index >= 15 is 0 Å². The van der Waals surface area contributed by atoms with Crippen LogP contribution in [-0.4, -0.2) is 23.4 Å². The van der Waals surface area contributed by atoms with E-state index in [1.54, 1.807) is 4.90 Å². The van der Waals surface area contributed by atoms with Crippen molar-refractivity contribution in [1.82, 2.24) is 4.90 Å². The number of hydrogen-bond acceptors (Lipinski definition) is 2. The molecule has 0 spiro atoms. The van der Waals surface area contributed by atoms with Crippen molar-refractivity contribution < 1.29 is 4.79 Å². The molecule has 1 rings (SSSR count). The maximum absolute atomic E-state index is 10.9. The van der Waals surface area contributed by atoms with Crippen molar-refractivity contribution in [2.75, 3.05) is 6.54 Å². The monoisotopic (exact) mass is 152 g/mol. The van der Waals surface area contributed by atoms with Gasteiger partial charge >= 0.3 is 0 Å². The lowest BCUT2D eigenvalue weighted by molar-refractivity contribution is -0.141. The molecule has 11 heavy (non-hydrogen) atoms. The summed E-state index contributed by atoms with van der Waals surface area (Å²) in [7, 11) is 0. The van der Waals surface area contributed by atoms with Crippen molar-refractivity contribution in [3.05, 3.63) is 0 Å². The van der Waals surface area contributed by atoms with Crippen LogP contribution in [0.15, 0.2) is 0 Å². The predicted molar refractivity (Wildman–Crippen MR) is 40.6 cm³/mol. The second-order valence-electron chi connectivity index (χ2n) is 2.77. The molecule has 3 heteroatoms. The Hall–Kier alpha value is -1.04. The van der Waals surface area contributed by atoms with Crippen LogP contribution in [0.25, 0.3) is 0 Å². The lowest BCUT2D eigenvalue weighted by atomic mass is 10.1. The minimum Gasteiger partial charge on any atom is -0.326 e. The van der Waals surface area contributed by atoms with E-state index in [1.807, 2.05) is 6.92 Å². The first-order chi connectivity index (χ1) is 5.29. The SMILES string of the molecule is CCCC(C#N)N1CCC1=O. The van der Waals surface area contributed by atoms with Crippen LogP contribution in [-0.2, 0) is 4.79 Å². The van der Waals surface area contributed by atoms with E-state index in [-0.39, 0.29) is 11.9 Å². The third-order valence-corrected chi connectivity index (χ3v) is 1.97. The van der Waals surface area contributed by atoms with Gasteiger partial charge in [-0.15, -0.1) is 0 Å². The van der Waals surface area contributed by atoms with E-state index in [0.29, 0.717) is 6.42 Å². The molecule has 1 fully saturated rings. The van der Waals surface area contributed by atoms with E-state index < -0.39 is 0 Å². The quantitative estimate of drug-likeness (QED) is 0.564. The van der Waals surface area contributed by atoms with Crippen molar-refractivity contribution >= 4 is 5.91 Å². The van der Waals surface area contributed by atoms with Crippen LogP contribution in [0.2, 0.25) is 0 Å². The second kappa shape index (κ2) is 3.38. The Bertz CT molecular complexity index is 195. The van der Waals surface area contributed by atoms with Crippen LogP contribution in [0.5, 0.6) is 0 Å². The Labute approximate surface area is 66.6 Å². The van der Waals surface area contributed by atoms with E-state index in [2.05, 4.69) is 6.07 Å². The molecule has 0 aromatic carbocycles. The number of nitrogens with zero attached hydrogens (tertiary/aromatic N) is 2. The van der Waals surface area contributed by atoms with Gasteiger partial charge in [0.05, 0.1) is 6.07 Å². The third-order valence-electron chi connectivity index (χ3n) is 1.97. The van der Waals surface area contributed by atoms with Crippen LogP contribution >= 0.6 is 0 Å². The zero-order valence-corrected chi connectivity index (χ0v) is 6.71. The highest BCUT2D eigenvalue weighted by molar-refractivity contribution is 5.82. The average molecular weight is 152 g/mol. The highest BCUT2D eigenvalue weighted by Gasteiger charge is 2.29. The fourth-order valence-electron chi connectivity index (χ4n) is 1.23. The van der Waals surface area contributed by atoms with Gasteiger partial charge in [0.15, 0.2) is 0 Å². The minimum absolute atomic E-state index is 0.130. The maximum Gasteiger partial charge on any atom is 0.225 e. The van der Waals surface area contributed by atoms with Crippen molar-refractivity contribution in [2.24, 2.45) is 0 Å². The van der Waals surface area contributed by atoms with Crippen molar-refractivity contribution in [1.29, 1.82) is 5.26 Å². The molecule has 0 bridgehead atoms. The Balaban J connectivity index is 2.43. The zero-order valence-electron chi connectivity index (χ0n) is 6.71. The molecule has 1 aliphatic heterocycles. The number of amides is 1. The molecule has 1 heterocycles. The summed E-state index contributed by atoms with van der Waals surface area (Å²) in [5.41, 5.74) is 0. The molecule has 0 radical (unpaired) electrons. The minimum atomic E-state index is -0.166. The maximum atomic E-state index is 10.9. The number of carbonyl (C=O) groups is 1.